The summed E-state index contributed by atoms with van der Waals surface area (Å²) >= 11 is 3.32. The Labute approximate surface area is 139 Å². The Morgan fingerprint density at radius 3 is 2.59 bits per heavy atom. The lowest BCUT2D eigenvalue weighted by atomic mass is 9.74. The fourth-order valence-corrected chi connectivity index (χ4v) is 4.01. The van der Waals surface area contributed by atoms with E-state index in [9.17, 15) is 9.50 Å². The number of nitrogens with zero attached hydrogens (tertiary/aromatic N) is 1. The van der Waals surface area contributed by atoms with Crippen LogP contribution in [0.5, 0.6) is 0 Å². The molecule has 0 aromatic heterocycles. The van der Waals surface area contributed by atoms with Crippen molar-refractivity contribution in [2.75, 3.05) is 0 Å². The van der Waals surface area contributed by atoms with Gasteiger partial charge in [-0.3, -0.25) is 0 Å². The van der Waals surface area contributed by atoms with Gasteiger partial charge >= 0.3 is 0 Å². The van der Waals surface area contributed by atoms with E-state index in [4.69, 9.17) is 0 Å². The second-order valence-electron chi connectivity index (χ2n) is 6.95. The second kappa shape index (κ2) is 5.93. The van der Waals surface area contributed by atoms with E-state index < -0.39 is 5.60 Å². The minimum Gasteiger partial charge on any atom is -0.390 e. The van der Waals surface area contributed by atoms with Crippen molar-refractivity contribution >= 4 is 27.5 Å². The highest BCUT2D eigenvalue weighted by atomic mass is 79.9. The summed E-state index contributed by atoms with van der Waals surface area (Å²) in [6.07, 6.45) is 3.97. The zero-order valence-corrected chi connectivity index (χ0v) is 14.6. The van der Waals surface area contributed by atoms with E-state index in [2.05, 4.69) is 26.2 Å². The molecule has 1 fully saturated rings. The second-order valence-corrected chi connectivity index (χ2v) is 7.86. The molecule has 1 aliphatic carbocycles. The zero-order chi connectivity index (χ0) is 15.9. The summed E-state index contributed by atoms with van der Waals surface area (Å²) in [4.78, 5) is 4.54. The molecule has 1 saturated carbocycles. The van der Waals surface area contributed by atoms with Crippen molar-refractivity contribution < 1.29 is 9.50 Å². The van der Waals surface area contributed by atoms with Crippen LogP contribution in [0.1, 0.15) is 45.1 Å². The van der Waals surface area contributed by atoms with Crippen molar-refractivity contribution in [3.8, 4) is 0 Å². The van der Waals surface area contributed by atoms with Gasteiger partial charge in [0.05, 0.1) is 5.60 Å². The van der Waals surface area contributed by atoms with Gasteiger partial charge in [-0.2, -0.15) is 0 Å². The van der Waals surface area contributed by atoms with Crippen molar-refractivity contribution in [3.63, 3.8) is 0 Å². The largest absolute Gasteiger partial charge is 0.390 e. The number of aliphatic imine (C=N–C) groups is 1. The predicted molar refractivity (Wildman–Crippen MR) is 89.8 cm³/mol. The Morgan fingerprint density at radius 1 is 1.27 bits per heavy atom. The molecule has 2 N–H and O–H groups in total. The summed E-state index contributed by atoms with van der Waals surface area (Å²) in [5.74, 6) is 1.32. The predicted octanol–water partition coefficient (Wildman–Crippen LogP) is 4.30. The molecule has 1 aliphatic heterocycles. The number of halogens is 2. The van der Waals surface area contributed by atoms with E-state index in [-0.39, 0.29) is 5.82 Å². The van der Waals surface area contributed by atoms with E-state index in [1.165, 1.54) is 6.07 Å². The lowest BCUT2D eigenvalue weighted by Crippen LogP contribution is -2.39. The average molecular weight is 369 g/mol. The van der Waals surface area contributed by atoms with Crippen molar-refractivity contribution in [1.29, 1.82) is 0 Å². The molecular formula is C17H22BrFN2O. The average Bonchev–Trinajstić information content (AvgIpc) is 2.46. The van der Waals surface area contributed by atoms with Gasteiger partial charge in [0.1, 0.15) is 17.3 Å². The van der Waals surface area contributed by atoms with Crippen molar-refractivity contribution in [1.82, 2.24) is 5.32 Å². The molecule has 0 amide bonds. The Kier molecular flexibility index (Phi) is 4.29. The number of benzene rings is 1. The molecule has 22 heavy (non-hydrogen) atoms. The van der Waals surface area contributed by atoms with E-state index in [1.807, 2.05) is 19.9 Å². The van der Waals surface area contributed by atoms with E-state index in [0.717, 1.165) is 41.6 Å². The highest BCUT2D eigenvalue weighted by Gasteiger charge is 2.33. The maximum Gasteiger partial charge on any atom is 0.150 e. The molecule has 1 heterocycles. The lowest BCUT2D eigenvalue weighted by Gasteiger charge is -2.36. The van der Waals surface area contributed by atoms with Crippen LogP contribution >= 0.6 is 15.9 Å². The van der Waals surface area contributed by atoms with Crippen LogP contribution in [0.2, 0.25) is 0 Å². The molecule has 0 radical (unpaired) electrons. The standard InChI is InChI=1S/C17H22BrFN2O/c1-17(2,22)12-5-3-10(4-6-12)16-20-9-11-7-13(18)8-14(19)15(11)21-16/h7-8,10,12,22H,3-6,9H2,1-2H3,(H,20,21). The van der Waals surface area contributed by atoms with E-state index in [1.54, 1.807) is 0 Å². The zero-order valence-electron chi connectivity index (χ0n) is 13.0. The first-order valence-corrected chi connectivity index (χ1v) is 8.66. The molecule has 120 valence electrons. The van der Waals surface area contributed by atoms with Gasteiger partial charge in [0, 0.05) is 22.5 Å². The van der Waals surface area contributed by atoms with Crippen molar-refractivity contribution in [2.45, 2.75) is 51.7 Å². The number of amidine groups is 1. The van der Waals surface area contributed by atoms with Crippen molar-refractivity contribution in [3.05, 3.63) is 28.0 Å². The molecule has 0 bridgehead atoms. The quantitative estimate of drug-likeness (QED) is 0.817. The van der Waals surface area contributed by atoms with Crippen LogP contribution in [0.25, 0.3) is 0 Å². The molecule has 3 rings (SSSR count). The highest BCUT2D eigenvalue weighted by Crippen LogP contribution is 2.37. The van der Waals surface area contributed by atoms with Gasteiger partial charge in [-0.15, -0.1) is 0 Å². The van der Waals surface area contributed by atoms with Crippen LogP contribution in [0.15, 0.2) is 21.6 Å². The molecule has 2 aliphatic rings. The molecule has 0 spiro atoms. The molecule has 0 saturated heterocycles. The van der Waals surface area contributed by atoms with Gasteiger partial charge in [-0.1, -0.05) is 15.9 Å². The molecule has 0 unspecified atom stereocenters. The number of fused-ring (bicyclic) bond motifs is 1. The first-order chi connectivity index (χ1) is 10.3. The van der Waals surface area contributed by atoms with E-state index >= 15 is 0 Å². The third-order valence-electron chi connectivity index (χ3n) is 4.91. The summed E-state index contributed by atoms with van der Waals surface area (Å²) in [7, 11) is 0. The molecule has 0 atom stereocenters. The molecule has 5 heteroatoms. The Balaban J connectivity index is 1.76. The minimum absolute atomic E-state index is 0.270. The topological polar surface area (TPSA) is 44.6 Å². The number of rotatable bonds is 2. The maximum atomic E-state index is 14.1. The fraction of sp³-hybridized carbons (Fsp3) is 0.588. The number of hydrogen-bond donors (Lipinski definition) is 2. The summed E-state index contributed by atoms with van der Waals surface area (Å²) in [6.45, 7) is 4.39. The fourth-order valence-electron chi connectivity index (χ4n) is 3.53. The Bertz CT molecular complexity index is 601. The van der Waals surface area contributed by atoms with Crippen molar-refractivity contribution in [2.24, 2.45) is 16.8 Å². The third kappa shape index (κ3) is 3.20. The molecule has 1 aromatic rings. The van der Waals surface area contributed by atoms with Crippen LogP contribution in [0.4, 0.5) is 10.1 Å². The summed E-state index contributed by atoms with van der Waals surface area (Å²) in [5, 5.41) is 13.5. The number of aliphatic hydroxyl groups is 1. The number of nitrogens with one attached hydrogen (secondary N) is 1. The maximum absolute atomic E-state index is 14.1. The molecule has 1 aromatic carbocycles. The Hall–Kier alpha value is -0.940. The molecule has 3 nitrogen and oxygen atoms in total. The third-order valence-corrected chi connectivity index (χ3v) is 5.37. The SMILES string of the molecule is CC(C)(O)C1CCC(C2=Nc3c(F)cc(Br)cc3CN2)CC1. The highest BCUT2D eigenvalue weighted by molar-refractivity contribution is 9.10. The number of hydrogen-bond acceptors (Lipinski definition) is 3. The van der Waals surface area contributed by atoms with Crippen LogP contribution in [-0.2, 0) is 6.54 Å². The van der Waals surface area contributed by atoms with Crippen LogP contribution in [0.3, 0.4) is 0 Å². The van der Waals surface area contributed by atoms with Gasteiger partial charge in [-0.25, -0.2) is 9.38 Å². The first kappa shape index (κ1) is 15.9. The van der Waals surface area contributed by atoms with Crippen LogP contribution in [0, 0.1) is 17.7 Å². The van der Waals surface area contributed by atoms with Crippen LogP contribution < -0.4 is 5.32 Å². The van der Waals surface area contributed by atoms with Gasteiger partial charge in [0.25, 0.3) is 0 Å². The van der Waals surface area contributed by atoms with Gasteiger partial charge in [-0.05, 0) is 57.6 Å². The Morgan fingerprint density at radius 2 is 1.95 bits per heavy atom. The summed E-state index contributed by atoms with van der Waals surface area (Å²) in [6, 6.07) is 3.38. The first-order valence-electron chi connectivity index (χ1n) is 7.87. The van der Waals surface area contributed by atoms with Crippen LogP contribution in [-0.4, -0.2) is 16.5 Å². The van der Waals surface area contributed by atoms with Gasteiger partial charge < -0.3 is 10.4 Å². The van der Waals surface area contributed by atoms with Gasteiger partial charge in [0.2, 0.25) is 0 Å². The smallest absolute Gasteiger partial charge is 0.150 e. The monoisotopic (exact) mass is 368 g/mol. The minimum atomic E-state index is -0.613. The van der Waals surface area contributed by atoms with E-state index in [0.29, 0.717) is 24.1 Å². The normalized spacial score (nSPS) is 25.2. The lowest BCUT2D eigenvalue weighted by molar-refractivity contribution is -0.00236. The summed E-state index contributed by atoms with van der Waals surface area (Å²) in [5.41, 5.74) is 0.750. The van der Waals surface area contributed by atoms with Gasteiger partial charge in [0.15, 0.2) is 0 Å². The summed E-state index contributed by atoms with van der Waals surface area (Å²) < 4.78 is 14.8. The molecular weight excluding hydrogens is 347 g/mol.